The van der Waals surface area contributed by atoms with Crippen LogP contribution in [0.15, 0.2) is 0 Å². The molecule has 2 heteroatoms. The Bertz CT molecular complexity index is 250. The SMILES string of the molecule is CCC1(C(=O)CC2CCCCC2)CCCNC1. The van der Waals surface area contributed by atoms with Crippen molar-refractivity contribution in [3.05, 3.63) is 0 Å². The number of hydrogen-bond donors (Lipinski definition) is 1. The molecule has 2 rings (SSSR count). The van der Waals surface area contributed by atoms with Crippen LogP contribution in [-0.4, -0.2) is 18.9 Å². The molecule has 2 nitrogen and oxygen atoms in total. The van der Waals surface area contributed by atoms with Crippen LogP contribution in [0.4, 0.5) is 0 Å². The molecule has 0 bridgehead atoms. The van der Waals surface area contributed by atoms with Crippen LogP contribution >= 0.6 is 0 Å². The van der Waals surface area contributed by atoms with E-state index in [1.807, 2.05) is 0 Å². The van der Waals surface area contributed by atoms with E-state index in [4.69, 9.17) is 0 Å². The monoisotopic (exact) mass is 237 g/mol. The van der Waals surface area contributed by atoms with Crippen molar-refractivity contribution in [3.63, 3.8) is 0 Å². The average Bonchev–Trinajstić information content (AvgIpc) is 2.40. The predicted molar refractivity (Wildman–Crippen MR) is 71.0 cm³/mol. The molecule has 1 saturated heterocycles. The molecule has 1 atom stereocenters. The molecule has 1 aliphatic carbocycles. The summed E-state index contributed by atoms with van der Waals surface area (Å²) in [5.74, 6) is 1.25. The van der Waals surface area contributed by atoms with Gasteiger partial charge in [-0.1, -0.05) is 39.0 Å². The third-order valence-electron chi connectivity index (χ3n) is 4.94. The minimum Gasteiger partial charge on any atom is -0.316 e. The van der Waals surface area contributed by atoms with Crippen molar-refractivity contribution in [2.45, 2.75) is 64.7 Å². The molecule has 1 saturated carbocycles. The number of nitrogens with one attached hydrogen (secondary N) is 1. The zero-order chi connectivity index (χ0) is 12.1. The van der Waals surface area contributed by atoms with Gasteiger partial charge < -0.3 is 5.32 Å². The van der Waals surface area contributed by atoms with Crippen LogP contribution in [0.1, 0.15) is 64.7 Å². The molecular weight excluding hydrogens is 210 g/mol. The lowest BCUT2D eigenvalue weighted by Gasteiger charge is -2.37. The number of Topliss-reactive ketones (excluding diaryl/α,β-unsaturated/α-hetero) is 1. The molecular formula is C15H27NO. The summed E-state index contributed by atoms with van der Waals surface area (Å²) in [5.41, 5.74) is -0.0182. The molecule has 1 N–H and O–H groups in total. The van der Waals surface area contributed by atoms with E-state index in [1.165, 1.54) is 38.5 Å². The number of rotatable bonds is 4. The van der Waals surface area contributed by atoms with Crippen molar-refractivity contribution in [3.8, 4) is 0 Å². The fourth-order valence-corrected chi connectivity index (χ4v) is 3.57. The fraction of sp³-hybridized carbons (Fsp3) is 0.933. The molecule has 1 aliphatic heterocycles. The summed E-state index contributed by atoms with van der Waals surface area (Å²) in [6, 6.07) is 0. The van der Waals surface area contributed by atoms with Gasteiger partial charge in [0.25, 0.3) is 0 Å². The highest BCUT2D eigenvalue weighted by Crippen LogP contribution is 2.36. The van der Waals surface area contributed by atoms with Crippen LogP contribution in [0, 0.1) is 11.3 Å². The second-order valence-electron chi connectivity index (χ2n) is 6.05. The van der Waals surface area contributed by atoms with Crippen molar-refractivity contribution < 1.29 is 4.79 Å². The normalized spacial score (nSPS) is 31.4. The first-order chi connectivity index (χ1) is 8.27. The van der Waals surface area contributed by atoms with Gasteiger partial charge in [0.1, 0.15) is 5.78 Å². The summed E-state index contributed by atoms with van der Waals surface area (Å²) < 4.78 is 0. The van der Waals surface area contributed by atoms with E-state index in [-0.39, 0.29) is 5.41 Å². The summed E-state index contributed by atoms with van der Waals surface area (Å²) in [6.45, 7) is 4.21. The standard InChI is InChI=1S/C15H27NO/c1-2-15(9-6-10-16-12-15)14(17)11-13-7-4-3-5-8-13/h13,16H,2-12H2,1H3. The highest BCUT2D eigenvalue weighted by Gasteiger charge is 2.38. The number of carbonyl (C=O) groups is 1. The molecule has 2 fully saturated rings. The van der Waals surface area contributed by atoms with Gasteiger partial charge in [-0.2, -0.15) is 0 Å². The lowest BCUT2D eigenvalue weighted by atomic mass is 9.71. The maximum atomic E-state index is 12.6. The molecule has 1 unspecified atom stereocenters. The molecule has 17 heavy (non-hydrogen) atoms. The van der Waals surface area contributed by atoms with E-state index >= 15 is 0 Å². The van der Waals surface area contributed by atoms with Gasteiger partial charge in [-0.3, -0.25) is 4.79 Å². The van der Waals surface area contributed by atoms with Gasteiger partial charge in [0.15, 0.2) is 0 Å². The van der Waals surface area contributed by atoms with E-state index in [1.54, 1.807) is 0 Å². The van der Waals surface area contributed by atoms with Gasteiger partial charge in [-0.25, -0.2) is 0 Å². The third-order valence-corrected chi connectivity index (χ3v) is 4.94. The molecule has 0 spiro atoms. The maximum Gasteiger partial charge on any atom is 0.140 e. The molecule has 0 radical (unpaired) electrons. The van der Waals surface area contributed by atoms with Crippen molar-refractivity contribution in [2.24, 2.45) is 11.3 Å². The highest BCUT2D eigenvalue weighted by atomic mass is 16.1. The largest absolute Gasteiger partial charge is 0.316 e. The van der Waals surface area contributed by atoms with Crippen LogP contribution in [0.3, 0.4) is 0 Å². The van der Waals surface area contributed by atoms with Gasteiger partial charge >= 0.3 is 0 Å². The van der Waals surface area contributed by atoms with Gasteiger partial charge in [-0.05, 0) is 31.7 Å². The lowest BCUT2D eigenvalue weighted by Crippen LogP contribution is -2.45. The molecule has 0 amide bonds. The van der Waals surface area contributed by atoms with Gasteiger partial charge in [0, 0.05) is 18.4 Å². The average molecular weight is 237 g/mol. The number of piperidine rings is 1. The van der Waals surface area contributed by atoms with Crippen LogP contribution in [0.2, 0.25) is 0 Å². The molecule has 0 aromatic rings. The van der Waals surface area contributed by atoms with Gasteiger partial charge in [-0.15, -0.1) is 0 Å². The van der Waals surface area contributed by atoms with E-state index in [9.17, 15) is 4.79 Å². The van der Waals surface area contributed by atoms with Crippen LogP contribution in [0.5, 0.6) is 0 Å². The molecule has 2 aliphatic rings. The second-order valence-corrected chi connectivity index (χ2v) is 6.05. The van der Waals surface area contributed by atoms with Crippen LogP contribution in [-0.2, 0) is 4.79 Å². The molecule has 98 valence electrons. The van der Waals surface area contributed by atoms with Crippen molar-refractivity contribution in [1.82, 2.24) is 5.32 Å². The Kier molecular flexibility index (Phi) is 4.61. The Hall–Kier alpha value is -0.370. The topological polar surface area (TPSA) is 29.1 Å². The summed E-state index contributed by atoms with van der Waals surface area (Å²) in [5, 5.41) is 3.42. The Balaban J connectivity index is 1.91. The summed E-state index contributed by atoms with van der Waals surface area (Å²) in [6.07, 6.45) is 10.8. The van der Waals surface area contributed by atoms with Crippen LogP contribution in [0.25, 0.3) is 0 Å². The van der Waals surface area contributed by atoms with Crippen molar-refractivity contribution in [1.29, 1.82) is 0 Å². The quantitative estimate of drug-likeness (QED) is 0.813. The summed E-state index contributed by atoms with van der Waals surface area (Å²) >= 11 is 0. The van der Waals surface area contributed by atoms with E-state index in [0.717, 1.165) is 32.4 Å². The zero-order valence-corrected chi connectivity index (χ0v) is 11.3. The van der Waals surface area contributed by atoms with Crippen molar-refractivity contribution in [2.75, 3.05) is 13.1 Å². The molecule has 1 heterocycles. The highest BCUT2D eigenvalue weighted by molar-refractivity contribution is 5.85. The first-order valence-corrected chi connectivity index (χ1v) is 7.51. The predicted octanol–water partition coefficient (Wildman–Crippen LogP) is 3.31. The smallest absolute Gasteiger partial charge is 0.140 e. The fourth-order valence-electron chi connectivity index (χ4n) is 3.57. The Morgan fingerprint density at radius 2 is 2.00 bits per heavy atom. The second kappa shape index (κ2) is 5.99. The van der Waals surface area contributed by atoms with Crippen molar-refractivity contribution >= 4 is 5.78 Å². The van der Waals surface area contributed by atoms with Crippen LogP contribution < -0.4 is 5.32 Å². The molecule has 0 aromatic carbocycles. The van der Waals surface area contributed by atoms with E-state index in [0.29, 0.717) is 11.7 Å². The molecule has 0 aromatic heterocycles. The first kappa shape index (κ1) is 13.1. The van der Waals surface area contributed by atoms with Gasteiger partial charge in [0.2, 0.25) is 0 Å². The maximum absolute atomic E-state index is 12.6. The first-order valence-electron chi connectivity index (χ1n) is 7.51. The number of carbonyl (C=O) groups excluding carboxylic acids is 1. The minimum absolute atomic E-state index is 0.0182. The van der Waals surface area contributed by atoms with Gasteiger partial charge in [0.05, 0.1) is 0 Å². The minimum atomic E-state index is -0.0182. The number of hydrogen-bond acceptors (Lipinski definition) is 2. The Labute approximate surface area is 106 Å². The number of ketones is 1. The zero-order valence-electron chi connectivity index (χ0n) is 11.3. The summed E-state index contributed by atoms with van der Waals surface area (Å²) in [4.78, 5) is 12.6. The lowest BCUT2D eigenvalue weighted by molar-refractivity contribution is -0.131. The Morgan fingerprint density at radius 1 is 1.24 bits per heavy atom. The Morgan fingerprint density at radius 3 is 2.59 bits per heavy atom. The van der Waals surface area contributed by atoms with E-state index < -0.39 is 0 Å². The van der Waals surface area contributed by atoms with E-state index in [2.05, 4.69) is 12.2 Å². The summed E-state index contributed by atoms with van der Waals surface area (Å²) in [7, 11) is 0. The third kappa shape index (κ3) is 3.09.